The van der Waals surface area contributed by atoms with E-state index in [-0.39, 0.29) is 36.5 Å². The van der Waals surface area contributed by atoms with Gasteiger partial charge >= 0.3 is 5.97 Å². The van der Waals surface area contributed by atoms with E-state index in [4.69, 9.17) is 5.73 Å². The molecule has 41 heavy (non-hydrogen) atoms. The van der Waals surface area contributed by atoms with Crippen molar-refractivity contribution in [2.75, 3.05) is 13.1 Å². The van der Waals surface area contributed by atoms with Crippen LogP contribution < -0.4 is 5.73 Å². The number of carbonyl (C=O) groups is 4. The number of hydrogen-bond acceptors (Lipinski definition) is 5. The number of benzene rings is 2. The smallest absolute Gasteiger partial charge is 0.326 e. The largest absolute Gasteiger partial charge is 0.480 e. The maximum absolute atomic E-state index is 14.1. The summed E-state index contributed by atoms with van der Waals surface area (Å²) < 4.78 is 0. The van der Waals surface area contributed by atoms with Gasteiger partial charge in [-0.05, 0) is 67.2 Å². The number of ketones is 1. The zero-order valence-corrected chi connectivity index (χ0v) is 23.4. The Balaban J connectivity index is 1.32. The summed E-state index contributed by atoms with van der Waals surface area (Å²) in [7, 11) is 0. The number of amides is 2. The van der Waals surface area contributed by atoms with Crippen molar-refractivity contribution in [1.82, 2.24) is 9.80 Å². The van der Waals surface area contributed by atoms with Crippen LogP contribution in [0.25, 0.3) is 5.57 Å². The first-order valence-electron chi connectivity index (χ1n) is 14.7. The molecule has 8 nitrogen and oxygen atoms in total. The van der Waals surface area contributed by atoms with Crippen LogP contribution in [0.3, 0.4) is 0 Å². The summed E-state index contributed by atoms with van der Waals surface area (Å²) in [5, 5.41) is 9.61. The van der Waals surface area contributed by atoms with Gasteiger partial charge in [-0.1, -0.05) is 60.7 Å². The predicted octanol–water partition coefficient (Wildman–Crippen LogP) is 3.62. The van der Waals surface area contributed by atoms with E-state index >= 15 is 0 Å². The number of nitrogens with zero attached hydrogens (tertiary/aromatic N) is 2. The third kappa shape index (κ3) is 6.59. The fourth-order valence-corrected chi connectivity index (χ4v) is 6.70. The molecule has 4 atom stereocenters. The van der Waals surface area contributed by atoms with Crippen LogP contribution in [-0.4, -0.2) is 69.7 Å². The molecule has 2 aliphatic heterocycles. The van der Waals surface area contributed by atoms with Gasteiger partial charge in [0, 0.05) is 37.9 Å². The second-order valence-corrected chi connectivity index (χ2v) is 11.6. The summed E-state index contributed by atoms with van der Waals surface area (Å²) in [4.78, 5) is 55.8. The van der Waals surface area contributed by atoms with Gasteiger partial charge < -0.3 is 20.6 Å². The van der Waals surface area contributed by atoms with Gasteiger partial charge in [-0.2, -0.15) is 0 Å². The second-order valence-electron chi connectivity index (χ2n) is 11.6. The number of carbonyl (C=O) groups excluding carboxylic acids is 3. The highest BCUT2D eigenvalue weighted by atomic mass is 16.4. The minimum atomic E-state index is -1.01. The number of fused-ring (bicyclic) bond motifs is 1. The van der Waals surface area contributed by atoms with Crippen LogP contribution in [0.5, 0.6) is 0 Å². The third-order valence-corrected chi connectivity index (χ3v) is 8.69. The second kappa shape index (κ2) is 12.8. The maximum atomic E-state index is 14.1. The van der Waals surface area contributed by atoms with Gasteiger partial charge in [-0.15, -0.1) is 0 Å². The molecule has 5 rings (SSSR count). The van der Waals surface area contributed by atoms with E-state index in [1.807, 2.05) is 42.5 Å². The lowest BCUT2D eigenvalue weighted by Gasteiger charge is -2.32. The zero-order chi connectivity index (χ0) is 28.9. The van der Waals surface area contributed by atoms with Crippen LogP contribution in [0.1, 0.15) is 61.6 Å². The molecule has 2 fully saturated rings. The van der Waals surface area contributed by atoms with E-state index in [0.29, 0.717) is 51.6 Å². The van der Waals surface area contributed by atoms with Crippen LogP contribution in [-0.2, 0) is 32.0 Å². The molecule has 0 saturated carbocycles. The molecular formula is C33H39N3O5. The number of allylic oxidation sites excluding steroid dienone is 2. The molecule has 0 radical (unpaired) electrons. The number of rotatable bonds is 11. The highest BCUT2D eigenvalue weighted by Gasteiger charge is 2.43. The van der Waals surface area contributed by atoms with E-state index in [2.05, 4.69) is 18.2 Å². The number of aliphatic carboxylic acids is 1. The molecule has 2 saturated heterocycles. The van der Waals surface area contributed by atoms with Crippen LogP contribution in [0.2, 0.25) is 0 Å². The van der Waals surface area contributed by atoms with Crippen molar-refractivity contribution in [3.63, 3.8) is 0 Å². The highest BCUT2D eigenvalue weighted by molar-refractivity contribution is 5.94. The van der Waals surface area contributed by atoms with E-state index < -0.39 is 24.0 Å². The number of hydrogen-bond donors (Lipinski definition) is 2. The van der Waals surface area contributed by atoms with Crippen molar-refractivity contribution in [3.05, 3.63) is 77.4 Å². The first-order valence-corrected chi connectivity index (χ1v) is 14.7. The van der Waals surface area contributed by atoms with Crippen molar-refractivity contribution in [2.24, 2.45) is 11.7 Å². The van der Waals surface area contributed by atoms with Gasteiger partial charge in [0.15, 0.2) is 0 Å². The molecule has 2 amide bonds. The predicted molar refractivity (Wildman–Crippen MR) is 156 cm³/mol. The van der Waals surface area contributed by atoms with E-state index in [9.17, 15) is 24.3 Å². The average Bonchev–Trinajstić information content (AvgIpc) is 3.72. The fraction of sp³-hybridized carbons (Fsp3) is 0.455. The zero-order valence-electron chi connectivity index (χ0n) is 23.4. The lowest BCUT2D eigenvalue weighted by molar-refractivity contribution is -0.152. The number of carboxylic acids is 1. The van der Waals surface area contributed by atoms with Crippen LogP contribution in [0.4, 0.5) is 0 Å². The summed E-state index contributed by atoms with van der Waals surface area (Å²) in [5.41, 5.74) is 10.8. The topological polar surface area (TPSA) is 121 Å². The van der Waals surface area contributed by atoms with Crippen molar-refractivity contribution in [3.8, 4) is 0 Å². The lowest BCUT2D eigenvalue weighted by atomic mass is 9.88. The summed E-state index contributed by atoms with van der Waals surface area (Å²) in [6, 6.07) is 16.0. The number of Topliss-reactive ketones (excluding diaryl/α,β-unsaturated/α-hetero) is 1. The van der Waals surface area contributed by atoms with Crippen LogP contribution in [0.15, 0.2) is 60.7 Å². The molecule has 216 valence electrons. The van der Waals surface area contributed by atoms with Gasteiger partial charge in [0.1, 0.15) is 17.9 Å². The summed E-state index contributed by atoms with van der Waals surface area (Å²) in [5.74, 6) is -2.19. The molecule has 8 heteroatoms. The van der Waals surface area contributed by atoms with Crippen molar-refractivity contribution in [1.29, 1.82) is 0 Å². The molecule has 3 N–H and O–H groups in total. The number of likely N-dealkylation sites (tertiary alicyclic amines) is 2. The molecule has 0 spiro atoms. The van der Waals surface area contributed by atoms with Crippen molar-refractivity contribution >= 4 is 29.1 Å². The Hall–Kier alpha value is -3.78. The van der Waals surface area contributed by atoms with Crippen LogP contribution in [0, 0.1) is 5.92 Å². The molecule has 1 aliphatic carbocycles. The highest BCUT2D eigenvalue weighted by Crippen LogP contribution is 2.35. The molecule has 0 unspecified atom stereocenters. The first kappa shape index (κ1) is 28.7. The summed E-state index contributed by atoms with van der Waals surface area (Å²) in [6.07, 6.45) is 6.37. The van der Waals surface area contributed by atoms with E-state index in [0.717, 1.165) is 23.1 Å². The normalized spacial score (nSPS) is 21.3. The minimum absolute atomic E-state index is 0.0553. The SMILES string of the molecule is N[C@H](CC(=O)C[C@@H](CC1=CCc2ccccc21)C(=O)N1CCC[C@H]1C(=O)N1CCC[C@H]1C(=O)O)Cc1ccccc1. The van der Waals surface area contributed by atoms with Gasteiger partial charge in [-0.25, -0.2) is 4.79 Å². The molecule has 2 aromatic carbocycles. The molecular weight excluding hydrogens is 518 g/mol. The molecule has 0 bridgehead atoms. The Morgan fingerprint density at radius 2 is 1.54 bits per heavy atom. The molecule has 3 aliphatic rings. The van der Waals surface area contributed by atoms with Crippen LogP contribution >= 0.6 is 0 Å². The molecule has 0 aromatic heterocycles. The Labute approximate surface area is 241 Å². The Morgan fingerprint density at radius 1 is 0.854 bits per heavy atom. The average molecular weight is 558 g/mol. The van der Waals surface area contributed by atoms with Gasteiger partial charge in [0.25, 0.3) is 0 Å². The van der Waals surface area contributed by atoms with E-state index in [1.54, 1.807) is 4.90 Å². The monoisotopic (exact) mass is 557 g/mol. The van der Waals surface area contributed by atoms with E-state index in [1.165, 1.54) is 10.5 Å². The Morgan fingerprint density at radius 3 is 2.29 bits per heavy atom. The van der Waals surface area contributed by atoms with Gasteiger partial charge in [0.2, 0.25) is 11.8 Å². The maximum Gasteiger partial charge on any atom is 0.326 e. The fourth-order valence-electron chi connectivity index (χ4n) is 6.70. The Kier molecular flexibility index (Phi) is 8.98. The number of carboxylic acid groups (broad SMARTS) is 1. The number of nitrogens with two attached hydrogens (primary N) is 1. The van der Waals surface area contributed by atoms with Crippen molar-refractivity contribution in [2.45, 2.75) is 75.9 Å². The van der Waals surface area contributed by atoms with Crippen molar-refractivity contribution < 1.29 is 24.3 Å². The molecule has 2 heterocycles. The summed E-state index contributed by atoms with van der Waals surface area (Å²) >= 11 is 0. The summed E-state index contributed by atoms with van der Waals surface area (Å²) in [6.45, 7) is 0.813. The van der Waals surface area contributed by atoms with Gasteiger partial charge in [0.05, 0.1) is 0 Å². The minimum Gasteiger partial charge on any atom is -0.480 e. The van der Waals surface area contributed by atoms with Gasteiger partial charge in [-0.3, -0.25) is 14.4 Å². The Bertz CT molecular complexity index is 1320. The standard InChI is InChI=1S/C33H39N3O5/c34-26(18-22-8-2-1-3-9-22)21-27(37)20-25(19-24-15-14-23-10-4-5-11-28(23)24)31(38)35-16-6-12-29(35)32(39)36-17-7-13-30(36)33(40)41/h1-5,8-11,15,25-26,29-30H,6-7,12-14,16-21,34H2,(H,40,41)/t25-,26+,29+,30+/m1/s1. The quantitative estimate of drug-likeness (QED) is 0.435. The first-order chi connectivity index (χ1) is 19.8. The third-order valence-electron chi connectivity index (χ3n) is 8.69. The molecule has 2 aromatic rings. The lowest BCUT2D eigenvalue weighted by Crippen LogP contribution is -2.52.